The molecular weight excluding hydrogens is 362 g/mol. The van der Waals surface area contributed by atoms with Gasteiger partial charge in [-0.05, 0) is 29.7 Å². The quantitative estimate of drug-likeness (QED) is 0.561. The third-order valence-corrected chi connectivity index (χ3v) is 5.30. The summed E-state index contributed by atoms with van der Waals surface area (Å²) in [7, 11) is 0. The van der Waals surface area contributed by atoms with Crippen LogP contribution in [0, 0.1) is 5.92 Å². The maximum Gasteiger partial charge on any atom is 0.251 e. The Morgan fingerprint density at radius 2 is 1.28 bits per heavy atom. The average molecular weight is 383 g/mol. The van der Waals surface area contributed by atoms with Crippen molar-refractivity contribution in [3.8, 4) is 0 Å². The minimum absolute atomic E-state index is 0.155. The highest BCUT2D eigenvalue weighted by atomic mass is 16.2. The fourth-order valence-corrected chi connectivity index (χ4v) is 3.76. The molecule has 1 aliphatic carbocycles. The van der Waals surface area contributed by atoms with Gasteiger partial charge in [-0.3, -0.25) is 14.4 Å². The molecule has 0 spiro atoms. The molecule has 1 N–H and O–H groups in total. The molecule has 0 fully saturated rings. The number of amides is 1. The van der Waals surface area contributed by atoms with Gasteiger partial charge in [0.15, 0.2) is 11.6 Å². The second kappa shape index (κ2) is 7.47. The Bertz CT molecular complexity index is 1120. The molecule has 0 radical (unpaired) electrons. The lowest BCUT2D eigenvalue weighted by atomic mass is 9.83. The van der Waals surface area contributed by atoms with Crippen LogP contribution in [0.3, 0.4) is 0 Å². The van der Waals surface area contributed by atoms with Crippen LogP contribution in [0.5, 0.6) is 0 Å². The number of carbonyl (C=O) groups is 3. The molecule has 4 nitrogen and oxygen atoms in total. The zero-order valence-corrected chi connectivity index (χ0v) is 16.3. The Morgan fingerprint density at radius 1 is 0.724 bits per heavy atom. The highest BCUT2D eigenvalue weighted by Crippen LogP contribution is 2.28. The Balaban J connectivity index is 1.66. The molecule has 1 atom stereocenters. The predicted octanol–water partition coefficient (Wildman–Crippen LogP) is 4.59. The number of benzene rings is 3. The van der Waals surface area contributed by atoms with E-state index < -0.39 is 0 Å². The first kappa shape index (κ1) is 18.8. The fraction of sp³-hybridized carbons (Fsp3) is 0.160. The fourth-order valence-electron chi connectivity index (χ4n) is 3.76. The molecule has 4 rings (SSSR count). The van der Waals surface area contributed by atoms with Gasteiger partial charge >= 0.3 is 0 Å². The van der Waals surface area contributed by atoms with Crippen molar-refractivity contribution in [2.75, 3.05) is 0 Å². The van der Waals surface area contributed by atoms with Crippen LogP contribution in [0.15, 0.2) is 72.8 Å². The first-order valence-electron chi connectivity index (χ1n) is 9.65. The molecular formula is C25H21NO3. The van der Waals surface area contributed by atoms with Crippen LogP contribution in [0.25, 0.3) is 0 Å². The van der Waals surface area contributed by atoms with E-state index in [2.05, 4.69) is 5.32 Å². The van der Waals surface area contributed by atoms with Gasteiger partial charge in [-0.15, -0.1) is 0 Å². The van der Waals surface area contributed by atoms with E-state index in [4.69, 9.17) is 0 Å². The van der Waals surface area contributed by atoms with Crippen molar-refractivity contribution in [3.05, 3.63) is 106 Å². The van der Waals surface area contributed by atoms with Gasteiger partial charge in [0.25, 0.3) is 5.91 Å². The molecule has 0 saturated heterocycles. The van der Waals surface area contributed by atoms with E-state index in [1.165, 1.54) is 6.07 Å². The van der Waals surface area contributed by atoms with Crippen LogP contribution in [0.4, 0.5) is 0 Å². The SMILES string of the molecule is CC(C)[C@@H](NC(=O)c1ccc2c(c1)C(=O)c1ccccc1C2=O)c1ccccc1. The summed E-state index contributed by atoms with van der Waals surface area (Å²) >= 11 is 0. The van der Waals surface area contributed by atoms with E-state index in [1.54, 1.807) is 36.4 Å². The second-order valence-corrected chi connectivity index (χ2v) is 7.57. The van der Waals surface area contributed by atoms with E-state index in [0.717, 1.165) is 5.56 Å². The number of hydrogen-bond acceptors (Lipinski definition) is 3. The van der Waals surface area contributed by atoms with Crippen molar-refractivity contribution in [1.29, 1.82) is 0 Å². The largest absolute Gasteiger partial charge is 0.345 e. The molecule has 0 bridgehead atoms. The van der Waals surface area contributed by atoms with Crippen LogP contribution < -0.4 is 5.32 Å². The van der Waals surface area contributed by atoms with Crippen LogP contribution in [-0.4, -0.2) is 17.5 Å². The summed E-state index contributed by atoms with van der Waals surface area (Å²) in [6.45, 7) is 4.09. The van der Waals surface area contributed by atoms with E-state index in [-0.39, 0.29) is 35.0 Å². The van der Waals surface area contributed by atoms with Gasteiger partial charge in [-0.2, -0.15) is 0 Å². The zero-order chi connectivity index (χ0) is 20.5. The van der Waals surface area contributed by atoms with Gasteiger partial charge in [-0.1, -0.05) is 68.4 Å². The first-order chi connectivity index (χ1) is 14.0. The molecule has 0 unspecified atom stereocenters. The molecule has 1 amide bonds. The standard InChI is InChI=1S/C25H21NO3/c1-15(2)22(16-8-4-3-5-9-16)26-25(29)17-12-13-20-21(14-17)24(28)19-11-7-6-10-18(19)23(20)27/h3-15,22H,1-2H3,(H,26,29)/t22-/m1/s1. The number of fused-ring (bicyclic) bond motifs is 2. The van der Waals surface area contributed by atoms with E-state index in [0.29, 0.717) is 22.3 Å². The summed E-state index contributed by atoms with van der Waals surface area (Å²) in [4.78, 5) is 38.6. The molecule has 144 valence electrons. The van der Waals surface area contributed by atoms with Crippen molar-refractivity contribution < 1.29 is 14.4 Å². The second-order valence-electron chi connectivity index (χ2n) is 7.57. The molecule has 1 aliphatic rings. The summed E-state index contributed by atoms with van der Waals surface area (Å²) in [5.74, 6) is -0.497. The van der Waals surface area contributed by atoms with E-state index in [1.807, 2.05) is 44.2 Å². The number of ketones is 2. The molecule has 0 aliphatic heterocycles. The summed E-state index contributed by atoms with van der Waals surface area (Å²) in [5.41, 5.74) is 2.80. The van der Waals surface area contributed by atoms with E-state index in [9.17, 15) is 14.4 Å². The Morgan fingerprint density at radius 3 is 1.90 bits per heavy atom. The predicted molar refractivity (Wildman–Crippen MR) is 111 cm³/mol. The van der Waals surface area contributed by atoms with Crippen LogP contribution >= 0.6 is 0 Å². The number of carbonyl (C=O) groups excluding carboxylic acids is 3. The van der Waals surface area contributed by atoms with Crippen LogP contribution in [0.1, 0.15) is 67.7 Å². The third-order valence-electron chi connectivity index (χ3n) is 5.30. The van der Waals surface area contributed by atoms with Gasteiger partial charge in [-0.25, -0.2) is 0 Å². The van der Waals surface area contributed by atoms with Gasteiger partial charge in [0, 0.05) is 27.8 Å². The summed E-state index contributed by atoms with van der Waals surface area (Å²) < 4.78 is 0. The normalized spacial score (nSPS) is 13.6. The van der Waals surface area contributed by atoms with Gasteiger partial charge in [0.05, 0.1) is 6.04 Å². The third kappa shape index (κ3) is 3.38. The lowest BCUT2D eigenvalue weighted by Gasteiger charge is -2.23. The topological polar surface area (TPSA) is 63.2 Å². The van der Waals surface area contributed by atoms with Gasteiger partial charge < -0.3 is 5.32 Å². The minimum atomic E-state index is -0.269. The summed E-state index contributed by atoms with van der Waals surface area (Å²) in [6.07, 6.45) is 0. The molecule has 3 aromatic rings. The van der Waals surface area contributed by atoms with Crippen LogP contribution in [-0.2, 0) is 0 Å². The summed E-state index contributed by atoms with van der Waals surface area (Å²) in [5, 5.41) is 3.07. The highest BCUT2D eigenvalue weighted by molar-refractivity contribution is 6.28. The van der Waals surface area contributed by atoms with Crippen molar-refractivity contribution in [2.45, 2.75) is 19.9 Å². The highest BCUT2D eigenvalue weighted by Gasteiger charge is 2.30. The van der Waals surface area contributed by atoms with Crippen molar-refractivity contribution in [2.24, 2.45) is 5.92 Å². The van der Waals surface area contributed by atoms with Crippen molar-refractivity contribution >= 4 is 17.5 Å². The van der Waals surface area contributed by atoms with Gasteiger partial charge in [0.1, 0.15) is 0 Å². The molecule has 4 heteroatoms. The molecule has 0 saturated carbocycles. The molecule has 3 aromatic carbocycles. The Hall–Kier alpha value is -3.53. The van der Waals surface area contributed by atoms with Crippen molar-refractivity contribution in [3.63, 3.8) is 0 Å². The Kier molecular flexibility index (Phi) is 4.85. The smallest absolute Gasteiger partial charge is 0.251 e. The first-order valence-corrected chi connectivity index (χ1v) is 9.65. The monoisotopic (exact) mass is 383 g/mol. The zero-order valence-electron chi connectivity index (χ0n) is 16.3. The lowest BCUT2D eigenvalue weighted by molar-refractivity contribution is 0.0924. The Labute approximate surface area is 169 Å². The van der Waals surface area contributed by atoms with Gasteiger partial charge in [0.2, 0.25) is 0 Å². The van der Waals surface area contributed by atoms with E-state index >= 15 is 0 Å². The molecule has 29 heavy (non-hydrogen) atoms. The summed E-state index contributed by atoms with van der Waals surface area (Å²) in [6, 6.07) is 21.1. The molecule has 0 aromatic heterocycles. The average Bonchev–Trinajstić information content (AvgIpc) is 2.75. The maximum atomic E-state index is 12.9. The number of nitrogens with one attached hydrogen (secondary N) is 1. The lowest BCUT2D eigenvalue weighted by Crippen LogP contribution is -2.32. The molecule has 0 heterocycles. The minimum Gasteiger partial charge on any atom is -0.345 e. The number of hydrogen-bond donors (Lipinski definition) is 1. The van der Waals surface area contributed by atoms with Crippen molar-refractivity contribution in [1.82, 2.24) is 5.32 Å². The maximum absolute atomic E-state index is 12.9. The van der Waals surface area contributed by atoms with Crippen LogP contribution in [0.2, 0.25) is 0 Å². The number of rotatable bonds is 4.